The number of ether oxygens (including phenoxy) is 1. The van der Waals surface area contributed by atoms with E-state index in [4.69, 9.17) is 13.6 Å². The molecule has 10 heteroatoms. The van der Waals surface area contributed by atoms with E-state index in [-0.39, 0.29) is 73.1 Å². The van der Waals surface area contributed by atoms with Gasteiger partial charge in [-0.15, -0.1) is 0 Å². The molecule has 0 bridgehead atoms. The van der Waals surface area contributed by atoms with Crippen LogP contribution in [0.4, 0.5) is 0 Å². The van der Waals surface area contributed by atoms with Crippen LogP contribution < -0.4 is 15.6 Å². The van der Waals surface area contributed by atoms with Crippen molar-refractivity contribution in [2.75, 3.05) is 7.11 Å². The predicted octanol–water partition coefficient (Wildman–Crippen LogP) is 5.44. The van der Waals surface area contributed by atoms with Crippen molar-refractivity contribution in [2.45, 2.75) is 0 Å². The number of hydrogen-bond donors (Lipinski definition) is 5. The average molecular weight is 552 g/mol. The number of fused-ring (bicyclic) bond motifs is 2. The van der Waals surface area contributed by atoms with Gasteiger partial charge < -0.3 is 39.1 Å². The lowest BCUT2D eigenvalue weighted by molar-refractivity contribution is 0.408. The second kappa shape index (κ2) is 9.38. The Kier molecular flexibility index (Phi) is 5.81. The summed E-state index contributed by atoms with van der Waals surface area (Å²) < 4.78 is 16.8. The average Bonchev–Trinajstić information content (AvgIpc) is 2.93. The van der Waals surface area contributed by atoms with E-state index in [1.165, 1.54) is 55.6 Å². The fourth-order valence-corrected chi connectivity index (χ4v) is 4.72. The molecular formula is C31H20O10. The molecule has 0 fully saturated rings. The highest BCUT2D eigenvalue weighted by atomic mass is 16.5. The lowest BCUT2D eigenvalue weighted by atomic mass is 9.97. The summed E-state index contributed by atoms with van der Waals surface area (Å²) in [5, 5.41) is 52.2. The molecule has 0 aliphatic heterocycles. The van der Waals surface area contributed by atoms with Gasteiger partial charge in [0.05, 0.1) is 12.7 Å². The van der Waals surface area contributed by atoms with Gasteiger partial charge in [-0.05, 0) is 42.5 Å². The molecule has 0 aliphatic carbocycles. The van der Waals surface area contributed by atoms with Gasteiger partial charge in [-0.3, -0.25) is 9.59 Å². The Morgan fingerprint density at radius 1 is 0.610 bits per heavy atom. The van der Waals surface area contributed by atoms with Crippen LogP contribution in [0, 0.1) is 0 Å². The molecule has 0 unspecified atom stereocenters. The van der Waals surface area contributed by atoms with Gasteiger partial charge in [0, 0.05) is 47.0 Å². The van der Waals surface area contributed by atoms with Gasteiger partial charge in [-0.1, -0.05) is 0 Å². The van der Waals surface area contributed by atoms with E-state index in [1.807, 2.05) is 0 Å². The molecule has 0 aliphatic rings. The topological polar surface area (TPSA) is 171 Å². The molecule has 0 amide bonds. The maximum atomic E-state index is 13.1. The van der Waals surface area contributed by atoms with Gasteiger partial charge >= 0.3 is 0 Å². The number of aromatic hydroxyl groups is 5. The minimum Gasteiger partial charge on any atom is -0.508 e. The van der Waals surface area contributed by atoms with Crippen molar-refractivity contribution in [2.24, 2.45) is 0 Å². The standard InChI is InChI=1S/C31H20O10/c1-39-17-9-20(34)29-22(36)11-25(41-26(29)10-17)15-4-7-19(33)18(8-15)28-21(35)13-27-30(31(28)38)23(37)12-24(40-27)14-2-5-16(32)6-3-14/h2-13,32-35,38H,1H3. The van der Waals surface area contributed by atoms with Crippen LogP contribution in [0.2, 0.25) is 0 Å². The van der Waals surface area contributed by atoms with E-state index in [2.05, 4.69) is 0 Å². The second-order valence-electron chi connectivity index (χ2n) is 9.24. The van der Waals surface area contributed by atoms with Crippen LogP contribution >= 0.6 is 0 Å². The van der Waals surface area contributed by atoms with E-state index in [0.29, 0.717) is 5.56 Å². The van der Waals surface area contributed by atoms with E-state index >= 15 is 0 Å². The number of hydrogen-bond acceptors (Lipinski definition) is 10. The van der Waals surface area contributed by atoms with Gasteiger partial charge in [0.25, 0.3) is 0 Å². The minimum atomic E-state index is -0.631. The zero-order valence-corrected chi connectivity index (χ0v) is 21.2. The number of methoxy groups -OCH3 is 1. The predicted molar refractivity (Wildman–Crippen MR) is 150 cm³/mol. The third-order valence-corrected chi connectivity index (χ3v) is 6.69. The quantitative estimate of drug-likeness (QED) is 0.190. The Balaban J connectivity index is 1.52. The molecule has 0 radical (unpaired) electrons. The van der Waals surface area contributed by atoms with Gasteiger partial charge in [0.2, 0.25) is 0 Å². The summed E-state index contributed by atoms with van der Waals surface area (Å²) >= 11 is 0. The zero-order chi connectivity index (χ0) is 29.0. The molecule has 2 aromatic heterocycles. The third-order valence-electron chi connectivity index (χ3n) is 6.69. The maximum Gasteiger partial charge on any atom is 0.197 e. The summed E-state index contributed by atoms with van der Waals surface area (Å²) in [7, 11) is 1.39. The molecule has 6 rings (SSSR count). The van der Waals surface area contributed by atoms with Crippen LogP contribution in [0.1, 0.15) is 0 Å². The number of phenolic OH excluding ortho intramolecular Hbond substituents is 5. The number of benzene rings is 4. The molecule has 6 aromatic rings. The normalized spacial score (nSPS) is 11.2. The van der Waals surface area contributed by atoms with Crippen LogP contribution in [0.5, 0.6) is 34.5 Å². The van der Waals surface area contributed by atoms with E-state index < -0.39 is 22.4 Å². The fourth-order valence-electron chi connectivity index (χ4n) is 4.72. The van der Waals surface area contributed by atoms with Crippen molar-refractivity contribution in [1.82, 2.24) is 0 Å². The lowest BCUT2D eigenvalue weighted by Gasteiger charge is -2.14. The summed E-state index contributed by atoms with van der Waals surface area (Å²) in [5.74, 6) is -1.28. The number of rotatable bonds is 4. The molecule has 0 atom stereocenters. The van der Waals surface area contributed by atoms with Crippen molar-refractivity contribution in [3.8, 4) is 68.3 Å². The fraction of sp³-hybridized carbons (Fsp3) is 0.0323. The van der Waals surface area contributed by atoms with Gasteiger partial charge in [-0.25, -0.2) is 0 Å². The van der Waals surface area contributed by atoms with Gasteiger partial charge in [0.1, 0.15) is 68.0 Å². The lowest BCUT2D eigenvalue weighted by Crippen LogP contribution is -2.02. The number of phenols is 5. The van der Waals surface area contributed by atoms with E-state index in [9.17, 15) is 35.1 Å². The van der Waals surface area contributed by atoms with Gasteiger partial charge in [0.15, 0.2) is 10.9 Å². The summed E-state index contributed by atoms with van der Waals surface area (Å²) in [6.45, 7) is 0. The molecule has 204 valence electrons. The molecule has 0 spiro atoms. The zero-order valence-electron chi connectivity index (χ0n) is 21.2. The highest BCUT2D eigenvalue weighted by molar-refractivity contribution is 5.97. The molecule has 2 heterocycles. The first-order chi connectivity index (χ1) is 19.6. The smallest absolute Gasteiger partial charge is 0.197 e. The van der Waals surface area contributed by atoms with Crippen molar-refractivity contribution in [3.63, 3.8) is 0 Å². The third kappa shape index (κ3) is 4.23. The SMILES string of the molecule is COc1cc(O)c2c(=O)cc(-c3ccc(O)c(-c4c(O)cc5oc(-c6ccc(O)cc6)cc(=O)c5c4O)c3)oc2c1. The Morgan fingerprint density at radius 3 is 1.90 bits per heavy atom. The monoisotopic (exact) mass is 552 g/mol. The summed E-state index contributed by atoms with van der Waals surface area (Å²) in [6, 6.07) is 16.2. The van der Waals surface area contributed by atoms with Gasteiger partial charge in [-0.2, -0.15) is 0 Å². The van der Waals surface area contributed by atoms with Crippen molar-refractivity contribution in [1.29, 1.82) is 0 Å². The van der Waals surface area contributed by atoms with E-state index in [0.717, 1.165) is 12.1 Å². The maximum absolute atomic E-state index is 13.1. The largest absolute Gasteiger partial charge is 0.508 e. The molecule has 5 N–H and O–H groups in total. The highest BCUT2D eigenvalue weighted by Gasteiger charge is 2.22. The van der Waals surface area contributed by atoms with Crippen LogP contribution in [0.25, 0.3) is 55.7 Å². The van der Waals surface area contributed by atoms with Crippen LogP contribution in [-0.4, -0.2) is 32.6 Å². The first-order valence-electron chi connectivity index (χ1n) is 12.2. The summed E-state index contributed by atoms with van der Waals surface area (Å²) in [6.07, 6.45) is 0. The molecular weight excluding hydrogens is 532 g/mol. The Hall–Kier alpha value is -5.90. The van der Waals surface area contributed by atoms with Crippen molar-refractivity contribution >= 4 is 21.9 Å². The summed E-state index contributed by atoms with van der Waals surface area (Å²) in [5.41, 5.74) is -0.735. The van der Waals surface area contributed by atoms with Crippen molar-refractivity contribution < 1.29 is 39.1 Å². The molecule has 0 saturated carbocycles. The minimum absolute atomic E-state index is 0.0275. The van der Waals surface area contributed by atoms with Crippen LogP contribution in [-0.2, 0) is 0 Å². The Morgan fingerprint density at radius 2 is 1.22 bits per heavy atom. The van der Waals surface area contributed by atoms with Crippen LogP contribution in [0.3, 0.4) is 0 Å². The molecule has 41 heavy (non-hydrogen) atoms. The summed E-state index contributed by atoms with van der Waals surface area (Å²) in [4.78, 5) is 25.9. The van der Waals surface area contributed by atoms with E-state index in [1.54, 1.807) is 12.1 Å². The first-order valence-corrected chi connectivity index (χ1v) is 12.2. The first kappa shape index (κ1) is 25.4. The molecule has 0 saturated heterocycles. The molecule has 4 aromatic carbocycles. The Bertz CT molecular complexity index is 2120. The van der Waals surface area contributed by atoms with Crippen LogP contribution in [0.15, 0.2) is 91.2 Å². The van der Waals surface area contributed by atoms with Crippen molar-refractivity contribution in [3.05, 3.63) is 93.2 Å². The second-order valence-corrected chi connectivity index (χ2v) is 9.24. The highest BCUT2D eigenvalue weighted by Crippen LogP contribution is 2.46. The Labute approximate surface area is 229 Å². The molecule has 10 nitrogen and oxygen atoms in total.